The highest BCUT2D eigenvalue weighted by Crippen LogP contribution is 2.31. The first-order valence-electron chi connectivity index (χ1n) is 7.30. The molecule has 3 atom stereocenters. The second-order valence-corrected chi connectivity index (χ2v) is 5.97. The van der Waals surface area contributed by atoms with E-state index in [1.54, 1.807) is 12.1 Å². The standard InChI is InChI=1S/C16H25FN2/c1-4-13(18)8-14-15(17)6-5-7-16(14)19-9-11(2)12(3)10-19/h5-7,11-13H,4,8-10,18H2,1-3H3. The summed E-state index contributed by atoms with van der Waals surface area (Å²) in [6, 6.07) is 5.42. The summed E-state index contributed by atoms with van der Waals surface area (Å²) in [6.45, 7) is 8.60. The van der Waals surface area contributed by atoms with Gasteiger partial charge in [0.1, 0.15) is 5.82 Å². The minimum atomic E-state index is -0.117. The van der Waals surface area contributed by atoms with Crippen molar-refractivity contribution in [1.82, 2.24) is 0 Å². The Labute approximate surface area is 115 Å². The number of anilines is 1. The van der Waals surface area contributed by atoms with Crippen molar-refractivity contribution in [2.45, 2.75) is 39.7 Å². The molecule has 1 saturated heterocycles. The zero-order valence-corrected chi connectivity index (χ0v) is 12.2. The van der Waals surface area contributed by atoms with Crippen LogP contribution in [-0.2, 0) is 6.42 Å². The fourth-order valence-electron chi connectivity index (χ4n) is 2.78. The van der Waals surface area contributed by atoms with Gasteiger partial charge in [0, 0.05) is 30.4 Å². The van der Waals surface area contributed by atoms with Crippen LogP contribution in [0.5, 0.6) is 0 Å². The second kappa shape index (κ2) is 5.91. The van der Waals surface area contributed by atoms with Gasteiger partial charge in [0.25, 0.3) is 0 Å². The molecule has 1 aliphatic heterocycles. The van der Waals surface area contributed by atoms with Crippen LogP contribution in [-0.4, -0.2) is 19.1 Å². The summed E-state index contributed by atoms with van der Waals surface area (Å²) < 4.78 is 14.1. The molecule has 0 radical (unpaired) electrons. The van der Waals surface area contributed by atoms with Gasteiger partial charge in [0.15, 0.2) is 0 Å². The molecule has 106 valence electrons. The molecule has 1 fully saturated rings. The van der Waals surface area contributed by atoms with Gasteiger partial charge in [-0.05, 0) is 36.8 Å². The van der Waals surface area contributed by atoms with Crippen LogP contribution in [0.15, 0.2) is 18.2 Å². The first kappa shape index (κ1) is 14.3. The molecule has 1 heterocycles. The lowest BCUT2D eigenvalue weighted by Gasteiger charge is -2.23. The number of benzene rings is 1. The molecular weight excluding hydrogens is 239 g/mol. The maximum Gasteiger partial charge on any atom is 0.128 e. The molecule has 19 heavy (non-hydrogen) atoms. The topological polar surface area (TPSA) is 29.3 Å². The summed E-state index contributed by atoms with van der Waals surface area (Å²) in [4.78, 5) is 2.32. The normalized spacial score (nSPS) is 24.8. The fourth-order valence-corrected chi connectivity index (χ4v) is 2.78. The second-order valence-electron chi connectivity index (χ2n) is 5.97. The molecule has 3 heteroatoms. The summed E-state index contributed by atoms with van der Waals surface area (Å²) in [5.41, 5.74) is 7.84. The van der Waals surface area contributed by atoms with Gasteiger partial charge in [-0.1, -0.05) is 26.8 Å². The zero-order chi connectivity index (χ0) is 14.0. The summed E-state index contributed by atoms with van der Waals surface area (Å²) in [5.74, 6) is 1.21. The molecular formula is C16H25FN2. The van der Waals surface area contributed by atoms with E-state index in [4.69, 9.17) is 5.73 Å². The number of nitrogens with two attached hydrogens (primary N) is 1. The van der Waals surface area contributed by atoms with Gasteiger partial charge < -0.3 is 10.6 Å². The molecule has 3 unspecified atom stereocenters. The third kappa shape index (κ3) is 3.08. The summed E-state index contributed by atoms with van der Waals surface area (Å²) in [6.07, 6.45) is 1.50. The summed E-state index contributed by atoms with van der Waals surface area (Å²) >= 11 is 0. The average Bonchev–Trinajstić information content (AvgIpc) is 2.71. The molecule has 1 aromatic carbocycles. The van der Waals surface area contributed by atoms with Crippen LogP contribution >= 0.6 is 0 Å². The highest BCUT2D eigenvalue weighted by molar-refractivity contribution is 5.55. The van der Waals surface area contributed by atoms with Gasteiger partial charge in [-0.15, -0.1) is 0 Å². The Kier molecular flexibility index (Phi) is 4.46. The third-order valence-corrected chi connectivity index (χ3v) is 4.41. The van der Waals surface area contributed by atoms with Gasteiger partial charge in [0.05, 0.1) is 0 Å². The Morgan fingerprint density at radius 1 is 1.32 bits per heavy atom. The van der Waals surface area contributed by atoms with Crippen molar-refractivity contribution in [2.75, 3.05) is 18.0 Å². The smallest absolute Gasteiger partial charge is 0.128 e. The molecule has 0 aromatic heterocycles. The van der Waals surface area contributed by atoms with Crippen LogP contribution in [0.1, 0.15) is 32.8 Å². The van der Waals surface area contributed by atoms with E-state index in [0.29, 0.717) is 18.3 Å². The van der Waals surface area contributed by atoms with Crippen LogP contribution < -0.4 is 10.6 Å². The Balaban J connectivity index is 2.27. The summed E-state index contributed by atoms with van der Waals surface area (Å²) in [5, 5.41) is 0. The Morgan fingerprint density at radius 2 is 1.95 bits per heavy atom. The number of nitrogens with zero attached hydrogens (tertiary/aromatic N) is 1. The molecule has 2 rings (SSSR count). The van der Waals surface area contributed by atoms with Crippen molar-refractivity contribution < 1.29 is 4.39 Å². The summed E-state index contributed by atoms with van der Waals surface area (Å²) in [7, 11) is 0. The molecule has 0 aliphatic carbocycles. The highest BCUT2D eigenvalue weighted by atomic mass is 19.1. The number of rotatable bonds is 4. The monoisotopic (exact) mass is 264 g/mol. The van der Waals surface area contributed by atoms with Crippen LogP contribution in [0, 0.1) is 17.7 Å². The van der Waals surface area contributed by atoms with Gasteiger partial charge >= 0.3 is 0 Å². The molecule has 0 spiro atoms. The molecule has 2 nitrogen and oxygen atoms in total. The van der Waals surface area contributed by atoms with E-state index in [1.165, 1.54) is 0 Å². The fraction of sp³-hybridized carbons (Fsp3) is 0.625. The molecule has 0 amide bonds. The average molecular weight is 264 g/mol. The van der Waals surface area contributed by atoms with Gasteiger partial charge in [-0.2, -0.15) is 0 Å². The molecule has 0 bridgehead atoms. The van der Waals surface area contributed by atoms with Crippen molar-refractivity contribution in [3.05, 3.63) is 29.6 Å². The number of hydrogen-bond acceptors (Lipinski definition) is 2. The Bertz CT molecular complexity index is 423. The largest absolute Gasteiger partial charge is 0.371 e. The zero-order valence-electron chi connectivity index (χ0n) is 12.2. The molecule has 1 aromatic rings. The Hall–Kier alpha value is -1.09. The van der Waals surface area contributed by atoms with E-state index in [0.717, 1.165) is 30.8 Å². The predicted octanol–water partition coefficient (Wildman–Crippen LogP) is 3.20. The van der Waals surface area contributed by atoms with Gasteiger partial charge in [-0.25, -0.2) is 4.39 Å². The minimum absolute atomic E-state index is 0.0353. The van der Waals surface area contributed by atoms with Crippen LogP contribution in [0.3, 0.4) is 0 Å². The third-order valence-electron chi connectivity index (χ3n) is 4.41. The van der Waals surface area contributed by atoms with Crippen molar-refractivity contribution in [3.8, 4) is 0 Å². The molecule has 1 aliphatic rings. The van der Waals surface area contributed by atoms with E-state index in [1.807, 2.05) is 13.0 Å². The Morgan fingerprint density at radius 3 is 2.53 bits per heavy atom. The quantitative estimate of drug-likeness (QED) is 0.905. The highest BCUT2D eigenvalue weighted by Gasteiger charge is 2.28. The van der Waals surface area contributed by atoms with Crippen LogP contribution in [0.25, 0.3) is 0 Å². The van der Waals surface area contributed by atoms with Crippen molar-refractivity contribution >= 4 is 5.69 Å². The molecule has 0 saturated carbocycles. The predicted molar refractivity (Wildman–Crippen MR) is 78.9 cm³/mol. The van der Waals surface area contributed by atoms with E-state index >= 15 is 0 Å². The SMILES string of the molecule is CCC(N)Cc1c(F)cccc1N1CC(C)C(C)C1. The van der Waals surface area contributed by atoms with Crippen LogP contribution in [0.4, 0.5) is 10.1 Å². The van der Waals surface area contributed by atoms with Crippen molar-refractivity contribution in [1.29, 1.82) is 0 Å². The molecule has 2 N–H and O–H groups in total. The lowest BCUT2D eigenvalue weighted by atomic mass is 10.0. The first-order valence-corrected chi connectivity index (χ1v) is 7.30. The van der Waals surface area contributed by atoms with E-state index in [9.17, 15) is 4.39 Å². The van der Waals surface area contributed by atoms with Crippen LogP contribution in [0.2, 0.25) is 0 Å². The first-order chi connectivity index (χ1) is 9.02. The maximum absolute atomic E-state index is 14.1. The van der Waals surface area contributed by atoms with Crippen molar-refractivity contribution in [2.24, 2.45) is 17.6 Å². The van der Waals surface area contributed by atoms with Gasteiger partial charge in [-0.3, -0.25) is 0 Å². The minimum Gasteiger partial charge on any atom is -0.371 e. The van der Waals surface area contributed by atoms with E-state index < -0.39 is 0 Å². The van der Waals surface area contributed by atoms with E-state index in [-0.39, 0.29) is 11.9 Å². The number of hydrogen-bond donors (Lipinski definition) is 1. The lowest BCUT2D eigenvalue weighted by molar-refractivity contribution is 0.494. The van der Waals surface area contributed by atoms with Crippen molar-refractivity contribution in [3.63, 3.8) is 0 Å². The lowest BCUT2D eigenvalue weighted by Crippen LogP contribution is -2.26. The maximum atomic E-state index is 14.1. The van der Waals surface area contributed by atoms with E-state index in [2.05, 4.69) is 18.7 Å². The number of halogens is 1. The van der Waals surface area contributed by atoms with Gasteiger partial charge in [0.2, 0.25) is 0 Å².